The van der Waals surface area contributed by atoms with Crippen molar-refractivity contribution in [3.05, 3.63) is 60.2 Å². The van der Waals surface area contributed by atoms with Crippen molar-refractivity contribution in [2.24, 2.45) is 0 Å². The van der Waals surface area contributed by atoms with E-state index in [0.717, 1.165) is 12.8 Å². The van der Waals surface area contributed by atoms with E-state index in [2.05, 4.69) is 10.6 Å². The lowest BCUT2D eigenvalue weighted by molar-refractivity contribution is -0.139. The van der Waals surface area contributed by atoms with E-state index in [1.54, 1.807) is 0 Å². The van der Waals surface area contributed by atoms with Crippen LogP contribution in [0.3, 0.4) is 0 Å². The zero-order valence-corrected chi connectivity index (χ0v) is 15.3. The van der Waals surface area contributed by atoms with Crippen molar-refractivity contribution in [3.63, 3.8) is 0 Å². The van der Waals surface area contributed by atoms with Gasteiger partial charge in [-0.05, 0) is 37.5 Å². The highest BCUT2D eigenvalue weighted by atomic mass is 16.6. The van der Waals surface area contributed by atoms with Crippen LogP contribution in [0.15, 0.2) is 54.6 Å². The maximum absolute atomic E-state index is 12.0. The molecule has 1 aliphatic heterocycles. The number of hydrogen-bond donors (Lipinski definition) is 2. The molecule has 27 heavy (non-hydrogen) atoms. The minimum absolute atomic E-state index is 0.0930. The summed E-state index contributed by atoms with van der Waals surface area (Å²) in [5.74, 6) is 0.0313. The fourth-order valence-corrected chi connectivity index (χ4v) is 2.84. The van der Waals surface area contributed by atoms with Crippen LogP contribution >= 0.6 is 0 Å². The molecule has 2 aromatic carbocycles. The molecular formula is C21H24N2O4. The van der Waals surface area contributed by atoms with Gasteiger partial charge in [-0.1, -0.05) is 42.5 Å². The number of rotatable bonds is 6. The summed E-state index contributed by atoms with van der Waals surface area (Å²) < 4.78 is 11.3. The Hall–Kier alpha value is -3.02. The smallest absolute Gasteiger partial charge is 0.309 e. The zero-order valence-electron chi connectivity index (χ0n) is 15.3. The third-order valence-corrected chi connectivity index (χ3v) is 4.35. The Bertz CT molecular complexity index is 779. The molecule has 0 aromatic heterocycles. The van der Waals surface area contributed by atoms with Gasteiger partial charge in [-0.25, -0.2) is 0 Å². The van der Waals surface area contributed by atoms with Gasteiger partial charge in [0.05, 0.1) is 6.54 Å². The largest absolute Gasteiger partial charge is 0.486 e. The van der Waals surface area contributed by atoms with E-state index in [9.17, 15) is 9.59 Å². The molecule has 3 rings (SSSR count). The van der Waals surface area contributed by atoms with Gasteiger partial charge in [0.15, 0.2) is 11.5 Å². The first kappa shape index (κ1) is 18.8. The molecule has 0 fully saturated rings. The average molecular weight is 368 g/mol. The van der Waals surface area contributed by atoms with Gasteiger partial charge < -0.3 is 20.1 Å². The Balaban J connectivity index is 1.38. The first-order chi connectivity index (χ1) is 13.1. The van der Waals surface area contributed by atoms with Crippen LogP contribution in [0, 0.1) is 0 Å². The highest BCUT2D eigenvalue weighted by molar-refractivity contribution is 6.35. The van der Waals surface area contributed by atoms with E-state index in [0.29, 0.717) is 18.1 Å². The van der Waals surface area contributed by atoms with Crippen molar-refractivity contribution in [3.8, 4) is 11.5 Å². The number of benzene rings is 2. The fraction of sp³-hybridized carbons (Fsp3) is 0.333. The summed E-state index contributed by atoms with van der Waals surface area (Å²) >= 11 is 0. The van der Waals surface area contributed by atoms with Crippen LogP contribution in [-0.2, 0) is 16.0 Å². The third kappa shape index (κ3) is 5.48. The number of ether oxygens (including phenoxy) is 2. The van der Waals surface area contributed by atoms with E-state index in [-0.39, 0.29) is 18.7 Å². The summed E-state index contributed by atoms with van der Waals surface area (Å²) in [4.78, 5) is 24.1. The SMILES string of the molecule is C[C@@H](CCc1ccccc1)NC(=O)C(=O)NC[C@H]1COc2ccccc2O1. The number of hydrogen-bond acceptors (Lipinski definition) is 4. The zero-order chi connectivity index (χ0) is 19.1. The van der Waals surface area contributed by atoms with Crippen LogP contribution in [0.25, 0.3) is 0 Å². The van der Waals surface area contributed by atoms with Crippen molar-refractivity contribution in [2.75, 3.05) is 13.2 Å². The topological polar surface area (TPSA) is 76.7 Å². The maximum Gasteiger partial charge on any atom is 0.309 e. The van der Waals surface area contributed by atoms with Crippen molar-refractivity contribution in [1.29, 1.82) is 0 Å². The van der Waals surface area contributed by atoms with Gasteiger partial charge in [-0.3, -0.25) is 9.59 Å². The molecule has 6 nitrogen and oxygen atoms in total. The summed E-state index contributed by atoms with van der Waals surface area (Å²) in [5.41, 5.74) is 1.21. The third-order valence-electron chi connectivity index (χ3n) is 4.35. The quantitative estimate of drug-likeness (QED) is 0.766. The van der Waals surface area contributed by atoms with Gasteiger partial charge in [0.25, 0.3) is 0 Å². The van der Waals surface area contributed by atoms with Crippen molar-refractivity contribution in [1.82, 2.24) is 10.6 Å². The second-order valence-electron chi connectivity index (χ2n) is 6.61. The second-order valence-corrected chi connectivity index (χ2v) is 6.61. The molecule has 0 radical (unpaired) electrons. The molecule has 0 spiro atoms. The fourth-order valence-electron chi connectivity index (χ4n) is 2.84. The van der Waals surface area contributed by atoms with Crippen molar-refractivity contribution >= 4 is 11.8 Å². The molecule has 2 amide bonds. The van der Waals surface area contributed by atoms with E-state index in [4.69, 9.17) is 9.47 Å². The van der Waals surface area contributed by atoms with E-state index in [1.807, 2.05) is 61.5 Å². The van der Waals surface area contributed by atoms with Gasteiger partial charge >= 0.3 is 11.8 Å². The number of carbonyl (C=O) groups is 2. The van der Waals surface area contributed by atoms with Gasteiger partial charge in [-0.15, -0.1) is 0 Å². The van der Waals surface area contributed by atoms with Gasteiger partial charge in [0.2, 0.25) is 0 Å². The molecule has 0 saturated heterocycles. The number of aryl methyl sites for hydroxylation is 1. The maximum atomic E-state index is 12.0. The first-order valence-electron chi connectivity index (χ1n) is 9.13. The number of fused-ring (bicyclic) bond motifs is 1. The monoisotopic (exact) mass is 368 g/mol. The van der Waals surface area contributed by atoms with E-state index < -0.39 is 11.8 Å². The minimum atomic E-state index is -0.663. The first-order valence-corrected chi connectivity index (χ1v) is 9.13. The highest BCUT2D eigenvalue weighted by Gasteiger charge is 2.23. The molecule has 0 bridgehead atoms. The van der Waals surface area contributed by atoms with Crippen LogP contribution in [0.1, 0.15) is 18.9 Å². The lowest BCUT2D eigenvalue weighted by Crippen LogP contribution is -2.47. The Morgan fingerprint density at radius 2 is 1.74 bits per heavy atom. The summed E-state index contributed by atoms with van der Waals surface area (Å²) in [6.07, 6.45) is 1.28. The van der Waals surface area contributed by atoms with Gasteiger partial charge in [0, 0.05) is 6.04 Å². The molecule has 2 aromatic rings. The van der Waals surface area contributed by atoms with E-state index in [1.165, 1.54) is 5.56 Å². The Morgan fingerprint density at radius 3 is 2.52 bits per heavy atom. The lowest BCUT2D eigenvalue weighted by atomic mass is 10.1. The van der Waals surface area contributed by atoms with Gasteiger partial charge in [-0.2, -0.15) is 0 Å². The number of amides is 2. The molecule has 6 heteroatoms. The summed E-state index contributed by atoms with van der Waals surface area (Å²) in [6, 6.07) is 17.3. The molecule has 1 aliphatic rings. The average Bonchev–Trinajstić information content (AvgIpc) is 2.71. The standard InChI is InChI=1S/C21H24N2O4/c1-15(11-12-16-7-3-2-4-8-16)23-21(25)20(24)22-13-17-14-26-18-9-5-6-10-19(18)27-17/h2-10,15,17H,11-14H2,1H3,(H,22,24)(H,23,25)/t15-,17-/m0/s1. The summed E-state index contributed by atoms with van der Waals surface area (Å²) in [7, 11) is 0. The molecule has 2 atom stereocenters. The summed E-state index contributed by atoms with van der Waals surface area (Å²) in [5, 5.41) is 5.34. The molecule has 1 heterocycles. The van der Waals surface area contributed by atoms with Crippen molar-refractivity contribution in [2.45, 2.75) is 31.9 Å². The number of carbonyl (C=O) groups excluding carboxylic acids is 2. The lowest BCUT2D eigenvalue weighted by Gasteiger charge is -2.26. The highest BCUT2D eigenvalue weighted by Crippen LogP contribution is 2.30. The van der Waals surface area contributed by atoms with Crippen LogP contribution in [0.4, 0.5) is 0 Å². The predicted octanol–water partition coefficient (Wildman–Crippen LogP) is 2.08. The van der Waals surface area contributed by atoms with Crippen LogP contribution in [-0.4, -0.2) is 37.1 Å². The molecule has 142 valence electrons. The van der Waals surface area contributed by atoms with Crippen LogP contribution < -0.4 is 20.1 Å². The molecule has 0 unspecified atom stereocenters. The predicted molar refractivity (Wildman–Crippen MR) is 102 cm³/mol. The molecule has 2 N–H and O–H groups in total. The van der Waals surface area contributed by atoms with E-state index >= 15 is 0 Å². The van der Waals surface area contributed by atoms with Crippen LogP contribution in [0.5, 0.6) is 11.5 Å². The van der Waals surface area contributed by atoms with Gasteiger partial charge in [0.1, 0.15) is 12.7 Å². The van der Waals surface area contributed by atoms with Crippen LogP contribution in [0.2, 0.25) is 0 Å². The second kappa shape index (κ2) is 9.07. The van der Waals surface area contributed by atoms with Crippen molar-refractivity contribution < 1.29 is 19.1 Å². The minimum Gasteiger partial charge on any atom is -0.486 e. The summed E-state index contributed by atoms with van der Waals surface area (Å²) in [6.45, 7) is 2.43. The number of nitrogens with one attached hydrogen (secondary N) is 2. The Morgan fingerprint density at radius 1 is 1.04 bits per heavy atom. The number of para-hydroxylation sites is 2. The molecule has 0 aliphatic carbocycles. The molecular weight excluding hydrogens is 344 g/mol. The normalized spacial score (nSPS) is 16.3. The Kier molecular flexibility index (Phi) is 6.30. The Labute approximate surface area is 158 Å². The molecule has 0 saturated carbocycles.